The second-order valence-corrected chi connectivity index (χ2v) is 16.0. The number of hydrogen-bond donors (Lipinski definition) is 4. The number of phosphoric acid groups is 1. The average molecular weight is 839 g/mol. The van der Waals surface area contributed by atoms with E-state index in [9.17, 15) is 29.3 Å². The number of carbonyl (C=O) groups is 2. The highest BCUT2D eigenvalue weighted by atomic mass is 31.2. The first kappa shape index (κ1) is 55.4. The second kappa shape index (κ2) is 41.1. The van der Waals surface area contributed by atoms with Crippen LogP contribution in [0, 0.1) is 0 Å². The van der Waals surface area contributed by atoms with Gasteiger partial charge in [0.2, 0.25) is 0 Å². The number of aliphatic hydroxyl groups excluding tert-OH is 3. The predicted octanol–water partition coefficient (Wildman–Crippen LogP) is 10.6. The van der Waals surface area contributed by atoms with E-state index < -0.39 is 57.9 Å². The van der Waals surface area contributed by atoms with E-state index in [0.29, 0.717) is 25.7 Å². The van der Waals surface area contributed by atoms with Crippen LogP contribution in [0.4, 0.5) is 0 Å². The van der Waals surface area contributed by atoms with E-state index in [1.54, 1.807) is 6.08 Å². The number of rotatable bonds is 40. The lowest BCUT2D eigenvalue weighted by molar-refractivity contribution is -0.161. The van der Waals surface area contributed by atoms with Gasteiger partial charge in [-0.15, -0.1) is 0 Å². The maximum absolute atomic E-state index is 12.6. The van der Waals surface area contributed by atoms with Gasteiger partial charge in [-0.05, 0) is 44.9 Å². The first-order chi connectivity index (χ1) is 28.1. The van der Waals surface area contributed by atoms with Crippen molar-refractivity contribution in [1.82, 2.24) is 0 Å². The average Bonchev–Trinajstić information content (AvgIpc) is 3.21. The van der Waals surface area contributed by atoms with E-state index in [1.807, 2.05) is 48.6 Å². The van der Waals surface area contributed by atoms with E-state index in [1.165, 1.54) is 70.6 Å². The highest BCUT2D eigenvalue weighted by molar-refractivity contribution is 7.47. The van der Waals surface area contributed by atoms with E-state index in [4.69, 9.17) is 19.1 Å². The van der Waals surface area contributed by atoms with Crippen molar-refractivity contribution in [3.05, 3.63) is 72.9 Å². The largest absolute Gasteiger partial charge is 0.472 e. The Balaban J connectivity index is 4.47. The molecular formula is C46H79O11P. The summed E-state index contributed by atoms with van der Waals surface area (Å²) in [6.45, 7) is 2.10. The summed E-state index contributed by atoms with van der Waals surface area (Å²) in [6.07, 6.45) is 43.3. The molecule has 0 aliphatic heterocycles. The molecule has 4 N–H and O–H groups in total. The Hall–Kier alpha value is -2.63. The molecule has 2 unspecified atom stereocenters. The Morgan fingerprint density at radius 3 is 1.74 bits per heavy atom. The number of phosphoric ester groups is 1. The number of esters is 2. The zero-order chi connectivity index (χ0) is 42.8. The fourth-order valence-corrected chi connectivity index (χ4v) is 6.36. The van der Waals surface area contributed by atoms with Gasteiger partial charge in [0, 0.05) is 12.8 Å². The lowest BCUT2D eigenvalue weighted by Gasteiger charge is -2.20. The molecule has 12 heteroatoms. The molecule has 334 valence electrons. The van der Waals surface area contributed by atoms with Gasteiger partial charge in [0.05, 0.1) is 25.9 Å². The molecule has 0 aromatic heterocycles. The van der Waals surface area contributed by atoms with Crippen molar-refractivity contribution in [1.29, 1.82) is 0 Å². The molecule has 0 saturated heterocycles. The summed E-state index contributed by atoms with van der Waals surface area (Å²) in [5.41, 5.74) is 0. The van der Waals surface area contributed by atoms with Crippen molar-refractivity contribution in [2.75, 3.05) is 26.4 Å². The fraction of sp³-hybridized carbons (Fsp3) is 0.696. The van der Waals surface area contributed by atoms with Crippen LogP contribution in [0.25, 0.3) is 0 Å². The van der Waals surface area contributed by atoms with Crippen LogP contribution in [-0.2, 0) is 32.7 Å². The van der Waals surface area contributed by atoms with Crippen LogP contribution in [0.5, 0.6) is 0 Å². The molecule has 0 rings (SSSR count). The SMILES string of the molecule is CC/C=C\C/C=C\CC(O)/C=C/C=C\C/C=C\C/C=C\CCC(=O)OC[C@H](COP(=O)(O)OC[C@@H](O)CO)OC(=O)CCCCCCCCCCCCCCCCC. The molecule has 0 heterocycles. The summed E-state index contributed by atoms with van der Waals surface area (Å²) in [7, 11) is -4.65. The second-order valence-electron chi connectivity index (χ2n) is 14.5. The molecular weight excluding hydrogens is 759 g/mol. The van der Waals surface area contributed by atoms with Crippen molar-refractivity contribution >= 4 is 19.8 Å². The van der Waals surface area contributed by atoms with Crippen molar-refractivity contribution in [3.8, 4) is 0 Å². The molecule has 58 heavy (non-hydrogen) atoms. The first-order valence-electron chi connectivity index (χ1n) is 22.0. The third-order valence-corrected chi connectivity index (χ3v) is 9.92. The van der Waals surface area contributed by atoms with Gasteiger partial charge in [0.1, 0.15) is 12.7 Å². The molecule has 0 radical (unpaired) electrons. The van der Waals surface area contributed by atoms with Crippen molar-refractivity contribution in [2.24, 2.45) is 0 Å². The summed E-state index contributed by atoms with van der Waals surface area (Å²) in [6, 6.07) is 0. The summed E-state index contributed by atoms with van der Waals surface area (Å²) >= 11 is 0. The van der Waals surface area contributed by atoms with Crippen molar-refractivity contribution < 1.29 is 52.9 Å². The topological polar surface area (TPSA) is 169 Å². The maximum atomic E-state index is 12.6. The molecule has 0 aliphatic carbocycles. The Labute approximate surface area is 351 Å². The molecule has 11 nitrogen and oxygen atoms in total. The summed E-state index contributed by atoms with van der Waals surface area (Å²) in [4.78, 5) is 35.0. The van der Waals surface area contributed by atoms with E-state index in [-0.39, 0.29) is 19.4 Å². The molecule has 0 aromatic carbocycles. The van der Waals surface area contributed by atoms with Crippen LogP contribution in [-0.4, -0.2) is 76.9 Å². The monoisotopic (exact) mass is 839 g/mol. The van der Waals surface area contributed by atoms with Gasteiger partial charge in [-0.25, -0.2) is 4.57 Å². The minimum absolute atomic E-state index is 0.0914. The molecule has 4 atom stereocenters. The molecule has 0 amide bonds. The first-order valence-corrected chi connectivity index (χ1v) is 23.5. The minimum atomic E-state index is -4.65. The zero-order valence-electron chi connectivity index (χ0n) is 35.8. The highest BCUT2D eigenvalue weighted by Gasteiger charge is 2.27. The number of allylic oxidation sites excluding steroid dienone is 10. The van der Waals surface area contributed by atoms with Crippen molar-refractivity contribution in [3.63, 3.8) is 0 Å². The molecule has 0 aliphatic rings. The third-order valence-electron chi connectivity index (χ3n) is 8.97. The number of aliphatic hydroxyl groups is 3. The van der Waals surface area contributed by atoms with Gasteiger partial charge in [0.15, 0.2) is 6.10 Å². The van der Waals surface area contributed by atoms with Gasteiger partial charge in [-0.2, -0.15) is 0 Å². The number of carbonyl (C=O) groups excluding carboxylic acids is 2. The molecule has 0 aromatic rings. The van der Waals surface area contributed by atoms with Crippen LogP contribution >= 0.6 is 7.82 Å². The van der Waals surface area contributed by atoms with Crippen LogP contribution in [0.2, 0.25) is 0 Å². The summed E-state index contributed by atoms with van der Waals surface area (Å²) in [5, 5.41) is 28.3. The fourth-order valence-electron chi connectivity index (χ4n) is 5.57. The van der Waals surface area contributed by atoms with Gasteiger partial charge < -0.3 is 29.7 Å². The molecule has 0 fully saturated rings. The van der Waals surface area contributed by atoms with Gasteiger partial charge in [0.25, 0.3) is 0 Å². The quantitative estimate of drug-likeness (QED) is 0.0152. The van der Waals surface area contributed by atoms with E-state index in [0.717, 1.165) is 38.5 Å². The lowest BCUT2D eigenvalue weighted by Crippen LogP contribution is -2.29. The normalized spacial score (nSPS) is 15.1. The summed E-state index contributed by atoms with van der Waals surface area (Å²) < 4.78 is 32.6. The number of hydrogen-bond acceptors (Lipinski definition) is 10. The third kappa shape index (κ3) is 40.2. The van der Waals surface area contributed by atoms with Crippen LogP contribution in [0.1, 0.15) is 162 Å². The Bertz CT molecular complexity index is 1210. The Morgan fingerprint density at radius 2 is 1.14 bits per heavy atom. The van der Waals surface area contributed by atoms with Gasteiger partial charge in [-0.3, -0.25) is 18.6 Å². The van der Waals surface area contributed by atoms with Crippen LogP contribution < -0.4 is 0 Å². The van der Waals surface area contributed by atoms with Gasteiger partial charge in [-0.1, -0.05) is 177 Å². The molecule has 0 bridgehead atoms. The minimum Gasteiger partial charge on any atom is -0.462 e. The highest BCUT2D eigenvalue weighted by Crippen LogP contribution is 2.43. The number of unbranched alkanes of at least 4 members (excludes halogenated alkanes) is 14. The molecule has 0 spiro atoms. The summed E-state index contributed by atoms with van der Waals surface area (Å²) in [5.74, 6) is -1.05. The smallest absolute Gasteiger partial charge is 0.462 e. The van der Waals surface area contributed by atoms with E-state index >= 15 is 0 Å². The van der Waals surface area contributed by atoms with Crippen LogP contribution in [0.15, 0.2) is 72.9 Å². The van der Waals surface area contributed by atoms with Crippen molar-refractivity contribution in [2.45, 2.75) is 180 Å². The van der Waals surface area contributed by atoms with Gasteiger partial charge >= 0.3 is 19.8 Å². The number of ether oxygens (including phenoxy) is 2. The molecule has 0 saturated carbocycles. The standard InChI is InChI=1S/C46H79O11P/c1-3-5-7-9-11-12-13-14-15-16-17-22-25-29-33-37-46(51)57-44(41-56-58(52,53)55-39-43(49)38-47)40-54-45(50)36-32-28-24-21-19-18-20-23-27-31-35-42(48)34-30-26-10-8-6-4-2/h6,8,18-19,23-24,26-28,30-31,35,42-44,47-49H,3-5,7,9-17,20-22,25,29,32-34,36-41H2,1-2H3,(H,52,53)/b8-6-,19-18-,27-23-,28-24-,30-26-,35-31+/t42?,43-,44+/m0/s1. The maximum Gasteiger partial charge on any atom is 0.472 e. The predicted molar refractivity (Wildman–Crippen MR) is 234 cm³/mol. The zero-order valence-corrected chi connectivity index (χ0v) is 36.7. The Kier molecular flexibility index (Phi) is 39.3. The van der Waals surface area contributed by atoms with Crippen LogP contribution in [0.3, 0.4) is 0 Å². The van der Waals surface area contributed by atoms with E-state index in [2.05, 4.69) is 36.6 Å². The lowest BCUT2D eigenvalue weighted by atomic mass is 10.0. The Morgan fingerprint density at radius 1 is 0.603 bits per heavy atom.